The number of aliphatic carboxylic acids is 1. The van der Waals surface area contributed by atoms with Crippen LogP contribution >= 0.6 is 0 Å². The van der Waals surface area contributed by atoms with Gasteiger partial charge in [0, 0.05) is 13.1 Å². The molecular weight excluding hydrogens is 264 g/mol. The SMILES string of the molecule is CCCN(CC(=O)O)C(=O)N1CCCCC1C(=O)OC. The van der Waals surface area contributed by atoms with Crippen molar-refractivity contribution >= 4 is 18.0 Å². The maximum atomic E-state index is 12.4. The van der Waals surface area contributed by atoms with E-state index in [9.17, 15) is 14.4 Å². The van der Waals surface area contributed by atoms with E-state index in [-0.39, 0.29) is 6.54 Å². The molecule has 1 rings (SSSR count). The first-order chi connectivity index (χ1) is 9.51. The van der Waals surface area contributed by atoms with Crippen molar-refractivity contribution in [1.29, 1.82) is 0 Å². The number of esters is 1. The largest absolute Gasteiger partial charge is 0.480 e. The van der Waals surface area contributed by atoms with Crippen LogP contribution in [0.1, 0.15) is 32.6 Å². The van der Waals surface area contributed by atoms with Gasteiger partial charge in [-0.2, -0.15) is 0 Å². The van der Waals surface area contributed by atoms with Gasteiger partial charge in [0.25, 0.3) is 0 Å². The number of nitrogens with zero attached hydrogens (tertiary/aromatic N) is 2. The molecule has 1 fully saturated rings. The number of likely N-dealkylation sites (tertiary alicyclic amines) is 1. The third kappa shape index (κ3) is 4.11. The molecule has 1 aliphatic heterocycles. The van der Waals surface area contributed by atoms with Crippen LogP contribution in [-0.2, 0) is 14.3 Å². The molecule has 0 saturated carbocycles. The van der Waals surface area contributed by atoms with E-state index >= 15 is 0 Å². The van der Waals surface area contributed by atoms with E-state index in [1.54, 1.807) is 0 Å². The number of rotatable bonds is 5. The van der Waals surface area contributed by atoms with Gasteiger partial charge in [0.05, 0.1) is 7.11 Å². The lowest BCUT2D eigenvalue weighted by molar-refractivity contribution is -0.147. The van der Waals surface area contributed by atoms with E-state index in [4.69, 9.17) is 9.84 Å². The topological polar surface area (TPSA) is 87.2 Å². The highest BCUT2D eigenvalue weighted by atomic mass is 16.5. The average molecular weight is 286 g/mol. The van der Waals surface area contributed by atoms with Gasteiger partial charge >= 0.3 is 18.0 Å². The summed E-state index contributed by atoms with van der Waals surface area (Å²) in [7, 11) is 1.29. The zero-order valence-corrected chi connectivity index (χ0v) is 12.0. The number of methoxy groups -OCH3 is 1. The zero-order valence-electron chi connectivity index (χ0n) is 12.0. The number of hydrogen-bond acceptors (Lipinski definition) is 4. The molecule has 0 spiro atoms. The van der Waals surface area contributed by atoms with E-state index in [0.29, 0.717) is 25.9 Å². The van der Waals surface area contributed by atoms with Crippen molar-refractivity contribution in [3.05, 3.63) is 0 Å². The molecule has 7 heteroatoms. The Hall–Kier alpha value is -1.79. The highest BCUT2D eigenvalue weighted by molar-refractivity contribution is 5.85. The van der Waals surface area contributed by atoms with Crippen LogP contribution in [0.4, 0.5) is 4.79 Å². The Bertz CT molecular complexity index is 372. The molecule has 1 N–H and O–H groups in total. The summed E-state index contributed by atoms with van der Waals surface area (Å²) in [5.41, 5.74) is 0. The third-order valence-electron chi connectivity index (χ3n) is 3.31. The predicted molar refractivity (Wildman–Crippen MR) is 71.3 cm³/mol. The Morgan fingerprint density at radius 2 is 2.05 bits per heavy atom. The van der Waals surface area contributed by atoms with Gasteiger partial charge in [0.1, 0.15) is 12.6 Å². The summed E-state index contributed by atoms with van der Waals surface area (Å²) in [5.74, 6) is -1.50. The van der Waals surface area contributed by atoms with Crippen LogP contribution < -0.4 is 0 Å². The lowest BCUT2D eigenvalue weighted by Crippen LogP contribution is -2.54. The summed E-state index contributed by atoms with van der Waals surface area (Å²) in [6.07, 6.45) is 2.89. The summed E-state index contributed by atoms with van der Waals surface area (Å²) >= 11 is 0. The highest BCUT2D eigenvalue weighted by Gasteiger charge is 2.35. The van der Waals surface area contributed by atoms with E-state index in [0.717, 1.165) is 12.8 Å². The lowest BCUT2D eigenvalue weighted by atomic mass is 10.0. The second kappa shape index (κ2) is 7.72. The van der Waals surface area contributed by atoms with Crippen LogP contribution in [0.5, 0.6) is 0 Å². The molecule has 1 heterocycles. The standard InChI is InChI=1S/C13H22N2O5/c1-3-7-14(9-11(16)17)13(19)15-8-5-4-6-10(15)12(18)20-2/h10H,3-9H2,1-2H3,(H,16,17). The summed E-state index contributed by atoms with van der Waals surface area (Å²) < 4.78 is 4.72. The van der Waals surface area contributed by atoms with E-state index in [2.05, 4.69) is 0 Å². The molecular formula is C13H22N2O5. The van der Waals surface area contributed by atoms with Crippen LogP contribution in [-0.4, -0.2) is 65.7 Å². The monoisotopic (exact) mass is 286 g/mol. The number of amides is 2. The lowest BCUT2D eigenvalue weighted by Gasteiger charge is -2.37. The van der Waals surface area contributed by atoms with E-state index in [1.807, 2.05) is 6.92 Å². The molecule has 1 atom stereocenters. The van der Waals surface area contributed by atoms with Crippen LogP contribution in [0.15, 0.2) is 0 Å². The maximum Gasteiger partial charge on any atom is 0.328 e. The average Bonchev–Trinajstić information content (AvgIpc) is 2.44. The van der Waals surface area contributed by atoms with E-state index < -0.39 is 24.0 Å². The first kappa shape index (κ1) is 16.3. The first-order valence-corrected chi connectivity index (χ1v) is 6.86. The molecule has 20 heavy (non-hydrogen) atoms. The Morgan fingerprint density at radius 1 is 1.35 bits per heavy atom. The van der Waals surface area contributed by atoms with Crippen LogP contribution in [0.3, 0.4) is 0 Å². The zero-order chi connectivity index (χ0) is 15.1. The molecule has 0 aliphatic carbocycles. The van der Waals surface area contributed by atoms with Gasteiger partial charge in [-0.05, 0) is 25.7 Å². The minimum atomic E-state index is -1.06. The van der Waals surface area contributed by atoms with Gasteiger partial charge in [-0.15, -0.1) is 0 Å². The van der Waals surface area contributed by atoms with Crippen LogP contribution in [0.2, 0.25) is 0 Å². The smallest absolute Gasteiger partial charge is 0.328 e. The maximum absolute atomic E-state index is 12.4. The second-order valence-electron chi connectivity index (χ2n) is 4.83. The van der Waals surface area contributed by atoms with Crippen LogP contribution in [0.25, 0.3) is 0 Å². The van der Waals surface area contributed by atoms with Crippen molar-refractivity contribution in [2.45, 2.75) is 38.6 Å². The normalized spacial score (nSPS) is 18.5. The quantitative estimate of drug-likeness (QED) is 0.760. The number of carboxylic acids is 1. The van der Waals surface area contributed by atoms with Gasteiger partial charge < -0.3 is 19.6 Å². The number of ether oxygens (including phenoxy) is 1. The molecule has 7 nitrogen and oxygen atoms in total. The van der Waals surface area contributed by atoms with Crippen molar-refractivity contribution in [1.82, 2.24) is 9.80 Å². The van der Waals surface area contributed by atoms with Gasteiger partial charge in [-0.3, -0.25) is 4.79 Å². The van der Waals surface area contributed by atoms with Gasteiger partial charge in [0.15, 0.2) is 0 Å². The van der Waals surface area contributed by atoms with Crippen molar-refractivity contribution in [2.24, 2.45) is 0 Å². The summed E-state index contributed by atoms with van der Waals surface area (Å²) in [4.78, 5) is 37.7. The molecule has 114 valence electrons. The van der Waals surface area contributed by atoms with Gasteiger partial charge in [-0.25, -0.2) is 9.59 Å². The number of piperidine rings is 1. The fraction of sp³-hybridized carbons (Fsp3) is 0.769. The summed E-state index contributed by atoms with van der Waals surface area (Å²) in [6.45, 7) is 2.33. The van der Waals surface area contributed by atoms with Crippen molar-refractivity contribution < 1.29 is 24.2 Å². The van der Waals surface area contributed by atoms with Crippen molar-refractivity contribution in [3.8, 4) is 0 Å². The fourth-order valence-corrected chi connectivity index (χ4v) is 2.40. The molecule has 1 unspecified atom stereocenters. The molecule has 0 radical (unpaired) electrons. The fourth-order valence-electron chi connectivity index (χ4n) is 2.40. The number of carbonyl (C=O) groups is 3. The number of hydrogen-bond donors (Lipinski definition) is 1. The van der Waals surface area contributed by atoms with Gasteiger partial charge in [-0.1, -0.05) is 6.92 Å². The number of urea groups is 1. The molecule has 1 saturated heterocycles. The highest BCUT2D eigenvalue weighted by Crippen LogP contribution is 2.20. The van der Waals surface area contributed by atoms with E-state index in [1.165, 1.54) is 16.9 Å². The minimum Gasteiger partial charge on any atom is -0.480 e. The molecule has 1 aliphatic rings. The minimum absolute atomic E-state index is 0.350. The Labute approximate surface area is 118 Å². The van der Waals surface area contributed by atoms with Gasteiger partial charge in [0.2, 0.25) is 0 Å². The molecule has 0 bridgehead atoms. The first-order valence-electron chi connectivity index (χ1n) is 6.86. The third-order valence-corrected chi connectivity index (χ3v) is 3.31. The molecule has 0 aromatic rings. The predicted octanol–water partition coefficient (Wildman–Crippen LogP) is 0.930. The van der Waals surface area contributed by atoms with Crippen molar-refractivity contribution in [3.63, 3.8) is 0 Å². The van der Waals surface area contributed by atoms with Crippen molar-refractivity contribution in [2.75, 3.05) is 26.7 Å². The Balaban J connectivity index is 2.83. The van der Waals surface area contributed by atoms with Crippen LogP contribution in [0, 0.1) is 0 Å². The molecule has 2 amide bonds. The Kier molecular flexibility index (Phi) is 6.27. The summed E-state index contributed by atoms with van der Waals surface area (Å²) in [6, 6.07) is -1.00. The molecule has 0 aromatic carbocycles. The number of carboxylic acid groups (broad SMARTS) is 1. The summed E-state index contributed by atoms with van der Waals surface area (Å²) in [5, 5.41) is 8.88. The second-order valence-corrected chi connectivity index (χ2v) is 4.83. The number of carbonyl (C=O) groups excluding carboxylic acids is 2. The molecule has 0 aromatic heterocycles. The Morgan fingerprint density at radius 3 is 2.60 bits per heavy atom.